The first-order valence-corrected chi connectivity index (χ1v) is 15.1. The van der Waals surface area contributed by atoms with Gasteiger partial charge in [-0.05, 0) is 65.4 Å². The summed E-state index contributed by atoms with van der Waals surface area (Å²) >= 11 is 7.01. The fourth-order valence-electron chi connectivity index (χ4n) is 5.13. The third kappa shape index (κ3) is 7.00. The van der Waals surface area contributed by atoms with Crippen LogP contribution in [0.2, 0.25) is 5.02 Å². The number of anilines is 1. The molecule has 4 N–H and O–H groups in total. The van der Waals surface area contributed by atoms with Gasteiger partial charge in [0, 0.05) is 53.6 Å². The second kappa shape index (κ2) is 12.3. The van der Waals surface area contributed by atoms with E-state index in [2.05, 4.69) is 29.5 Å². The van der Waals surface area contributed by atoms with E-state index in [0.29, 0.717) is 27.2 Å². The molecule has 0 saturated heterocycles. The smallest absolute Gasteiger partial charge is 0.345 e. The maximum Gasteiger partial charge on any atom is 0.345 e. The van der Waals surface area contributed by atoms with Gasteiger partial charge in [0.15, 0.2) is 0 Å². The Labute approximate surface area is 262 Å². The van der Waals surface area contributed by atoms with E-state index < -0.39 is 23.8 Å². The number of hydrogen-bond acceptors (Lipinski definition) is 6. The Morgan fingerprint density at radius 3 is 2.39 bits per heavy atom. The van der Waals surface area contributed by atoms with Gasteiger partial charge in [0.1, 0.15) is 10.9 Å². The number of thiophene rings is 1. The van der Waals surface area contributed by atoms with Crippen LogP contribution in [0.15, 0.2) is 65.5 Å². The summed E-state index contributed by atoms with van der Waals surface area (Å²) in [5.41, 5.74) is 2.19. The number of rotatable bonds is 10. The second-order valence-corrected chi connectivity index (χ2v) is 13.2. The highest BCUT2D eigenvalue weighted by Crippen LogP contribution is 2.52. The van der Waals surface area contributed by atoms with Crippen LogP contribution in [0.3, 0.4) is 0 Å². The lowest BCUT2D eigenvalue weighted by atomic mass is 10.0. The molecule has 3 amide bonds. The van der Waals surface area contributed by atoms with Gasteiger partial charge in [0.2, 0.25) is 17.4 Å². The van der Waals surface area contributed by atoms with Gasteiger partial charge in [-0.25, -0.2) is 4.79 Å². The lowest BCUT2D eigenvalue weighted by Gasteiger charge is -2.25. The molecule has 1 aliphatic rings. The van der Waals surface area contributed by atoms with Crippen LogP contribution in [0.25, 0.3) is 10.9 Å². The molecule has 0 radical (unpaired) electrons. The number of hydrogen-bond donors (Lipinski definition) is 4. The number of nitrogens with one attached hydrogen (secondary N) is 3. The molecule has 1 aliphatic carbocycles. The number of aromatic amines is 1. The van der Waals surface area contributed by atoms with Crippen LogP contribution in [0.4, 0.5) is 5.69 Å². The highest BCUT2D eigenvalue weighted by atomic mass is 35.5. The van der Waals surface area contributed by atoms with Gasteiger partial charge in [-0.1, -0.05) is 37.6 Å². The highest BCUT2D eigenvalue weighted by molar-refractivity contribution is 7.15. The molecule has 5 rings (SSSR count). The highest BCUT2D eigenvalue weighted by Gasteiger charge is 2.50. The van der Waals surface area contributed by atoms with Crippen molar-refractivity contribution in [1.82, 2.24) is 15.2 Å². The number of carbonyl (C=O) groups excluding carboxylic acids is 3. The summed E-state index contributed by atoms with van der Waals surface area (Å²) < 4.78 is 0. The summed E-state index contributed by atoms with van der Waals surface area (Å²) in [6.45, 7) is 4.17. The lowest BCUT2D eigenvalue weighted by molar-refractivity contribution is -0.132. The molecular weight excluding hydrogens is 604 g/mol. The Bertz CT molecular complexity index is 1830. The van der Waals surface area contributed by atoms with Crippen LogP contribution in [0.5, 0.6) is 0 Å². The van der Waals surface area contributed by atoms with Crippen LogP contribution in [-0.4, -0.2) is 51.8 Å². The molecule has 0 spiro atoms. The maximum atomic E-state index is 13.8. The number of H-pyrrole nitrogens is 1. The van der Waals surface area contributed by atoms with Crippen LogP contribution < -0.4 is 16.2 Å². The number of aromatic nitrogens is 1. The molecule has 0 bridgehead atoms. The van der Waals surface area contributed by atoms with Crippen molar-refractivity contribution in [1.29, 1.82) is 0 Å². The van der Waals surface area contributed by atoms with Crippen molar-refractivity contribution in [2.75, 3.05) is 12.4 Å². The van der Waals surface area contributed by atoms with Crippen molar-refractivity contribution < 1.29 is 24.3 Å². The summed E-state index contributed by atoms with van der Waals surface area (Å²) in [5, 5.41) is 16.1. The Morgan fingerprint density at radius 1 is 1.07 bits per heavy atom. The first-order chi connectivity index (χ1) is 20.8. The van der Waals surface area contributed by atoms with E-state index in [0.717, 1.165) is 23.3 Å². The van der Waals surface area contributed by atoms with Gasteiger partial charge in [-0.3, -0.25) is 19.2 Å². The minimum Gasteiger partial charge on any atom is -0.477 e. The minimum atomic E-state index is -1.15. The van der Waals surface area contributed by atoms with Crippen molar-refractivity contribution in [2.24, 2.45) is 11.3 Å². The van der Waals surface area contributed by atoms with Crippen LogP contribution >= 0.6 is 22.9 Å². The summed E-state index contributed by atoms with van der Waals surface area (Å²) in [7, 11) is 1.57. The lowest BCUT2D eigenvalue weighted by Crippen LogP contribution is -2.48. The number of carboxylic acid groups (broad SMARTS) is 1. The summed E-state index contributed by atoms with van der Waals surface area (Å²) in [5.74, 6) is -2.21. The number of amides is 3. The fraction of sp³-hybridized carbons (Fsp3) is 0.281. The van der Waals surface area contributed by atoms with Crippen molar-refractivity contribution >= 4 is 63.2 Å². The van der Waals surface area contributed by atoms with Gasteiger partial charge in [-0.15, -0.1) is 11.3 Å². The number of fused-ring (bicyclic) bond motifs is 1. The number of benzene rings is 2. The zero-order chi connectivity index (χ0) is 31.8. The Kier molecular flexibility index (Phi) is 8.62. The number of pyridine rings is 1. The van der Waals surface area contributed by atoms with Crippen LogP contribution in [-0.2, 0) is 22.6 Å². The van der Waals surface area contributed by atoms with E-state index in [1.54, 1.807) is 49.5 Å². The van der Waals surface area contributed by atoms with Gasteiger partial charge in [-0.2, -0.15) is 0 Å². The molecule has 2 aromatic carbocycles. The summed E-state index contributed by atoms with van der Waals surface area (Å²) in [6, 6.07) is 15.2. The molecule has 1 unspecified atom stereocenters. The predicted molar refractivity (Wildman–Crippen MR) is 169 cm³/mol. The third-order valence-electron chi connectivity index (χ3n) is 7.81. The van der Waals surface area contributed by atoms with Gasteiger partial charge < -0.3 is 25.6 Å². The van der Waals surface area contributed by atoms with E-state index in [-0.39, 0.29) is 45.5 Å². The molecule has 1 fully saturated rings. The molecule has 10 nitrogen and oxygen atoms in total. The first-order valence-electron chi connectivity index (χ1n) is 13.9. The Morgan fingerprint density at radius 2 is 1.75 bits per heavy atom. The van der Waals surface area contributed by atoms with Crippen molar-refractivity contribution in [3.05, 3.63) is 96.9 Å². The van der Waals surface area contributed by atoms with E-state index >= 15 is 0 Å². The normalized spacial score (nSPS) is 15.8. The molecule has 0 aliphatic heterocycles. The molecule has 44 heavy (non-hydrogen) atoms. The number of aromatic carboxylic acids is 1. The van der Waals surface area contributed by atoms with Crippen molar-refractivity contribution in [3.8, 4) is 0 Å². The Balaban J connectivity index is 1.36. The van der Waals surface area contributed by atoms with Gasteiger partial charge in [0.25, 0.3) is 5.91 Å². The summed E-state index contributed by atoms with van der Waals surface area (Å²) in [6.07, 6.45) is 0.963. The molecule has 2 heterocycles. The SMILES string of the molecule is CN(Cc1cc(=O)[nH]c2ccc(Cl)cc12)C(=O)[C@H](Cc1ccc(NC(=O)C2CC2(C)C)cc1)NC(=O)c1ccc(C(=O)O)s1. The average molecular weight is 635 g/mol. The molecule has 2 atom stereocenters. The molecule has 1 saturated carbocycles. The number of carboxylic acids is 1. The number of nitrogens with zero attached hydrogens (tertiary/aromatic N) is 1. The largest absolute Gasteiger partial charge is 0.477 e. The van der Waals surface area contributed by atoms with Crippen molar-refractivity contribution in [2.45, 2.75) is 39.3 Å². The zero-order valence-corrected chi connectivity index (χ0v) is 25.8. The third-order valence-corrected chi connectivity index (χ3v) is 9.12. The Hall–Kier alpha value is -4.48. The summed E-state index contributed by atoms with van der Waals surface area (Å²) in [4.78, 5) is 67.5. The number of likely N-dealkylation sites (N-methyl/N-ethyl adjacent to an activating group) is 1. The number of halogens is 1. The van der Waals surface area contributed by atoms with Crippen molar-refractivity contribution in [3.63, 3.8) is 0 Å². The molecule has 4 aromatic rings. The topological polar surface area (TPSA) is 149 Å². The quantitative estimate of drug-likeness (QED) is 0.194. The van der Waals surface area contributed by atoms with E-state index in [1.807, 2.05) is 0 Å². The molecular formula is C32H31ClN4O6S. The maximum absolute atomic E-state index is 13.8. The molecule has 12 heteroatoms. The van der Waals surface area contributed by atoms with E-state index in [1.165, 1.54) is 23.1 Å². The fourth-order valence-corrected chi connectivity index (χ4v) is 6.05. The van der Waals surface area contributed by atoms with Crippen LogP contribution in [0, 0.1) is 11.3 Å². The second-order valence-electron chi connectivity index (χ2n) is 11.7. The first kappa shape index (κ1) is 31.0. The molecule has 2 aromatic heterocycles. The molecule has 228 valence electrons. The zero-order valence-electron chi connectivity index (χ0n) is 24.3. The van der Waals surface area contributed by atoms with E-state index in [4.69, 9.17) is 11.6 Å². The van der Waals surface area contributed by atoms with Gasteiger partial charge >= 0.3 is 5.97 Å². The average Bonchev–Trinajstić information content (AvgIpc) is 3.35. The number of carbonyl (C=O) groups is 4. The van der Waals surface area contributed by atoms with Gasteiger partial charge in [0.05, 0.1) is 4.88 Å². The van der Waals surface area contributed by atoms with E-state index in [9.17, 15) is 29.1 Å². The minimum absolute atomic E-state index is 0.00143. The standard InChI is InChI=1S/C32H31ClN4O6S/c1-32(2)15-22(32)28(39)34-20-7-4-17(5-8-20)12-24(36-29(40)25-10-11-26(44-25)31(42)43)30(41)37(3)16-18-13-27(38)35-23-9-6-19(33)14-21(18)23/h4-11,13-14,22,24H,12,15-16H2,1-3H3,(H,34,39)(H,35,38)(H,36,40)(H,42,43)/t22?,24-/m0/s1. The van der Waals surface area contributed by atoms with Crippen LogP contribution in [0.1, 0.15) is 50.7 Å². The predicted octanol–water partition coefficient (Wildman–Crippen LogP) is 4.93. The monoisotopic (exact) mass is 634 g/mol.